The fourth-order valence-electron chi connectivity index (χ4n) is 3.29. The molecule has 108 valence electrons. The molecule has 0 saturated carbocycles. The van der Waals surface area contributed by atoms with Crippen LogP contribution in [0.3, 0.4) is 0 Å². The fourth-order valence-corrected chi connectivity index (χ4v) is 3.29. The quantitative estimate of drug-likeness (QED) is 0.870. The maximum atomic E-state index is 12.5. The second-order valence-electron chi connectivity index (χ2n) is 5.67. The lowest BCUT2D eigenvalue weighted by Gasteiger charge is -2.44. The molecule has 3 saturated heterocycles. The number of aromatic nitrogens is 1. The monoisotopic (exact) mass is 274 g/mol. The maximum Gasteiger partial charge on any atom is 0.255 e. The summed E-state index contributed by atoms with van der Waals surface area (Å²) < 4.78 is 0. The van der Waals surface area contributed by atoms with Crippen LogP contribution in [0.4, 0.5) is 5.69 Å². The largest absolute Gasteiger partial charge is 0.385 e. The SMILES string of the molecule is CCNc1ccncc1C(=O)NC1CN2CCC1CC2. The van der Waals surface area contributed by atoms with Crippen LogP contribution < -0.4 is 10.6 Å². The van der Waals surface area contributed by atoms with Gasteiger partial charge in [-0.3, -0.25) is 9.78 Å². The predicted molar refractivity (Wildman–Crippen MR) is 78.8 cm³/mol. The number of rotatable bonds is 4. The highest BCUT2D eigenvalue weighted by Gasteiger charge is 2.35. The van der Waals surface area contributed by atoms with Crippen LogP contribution in [0.15, 0.2) is 18.5 Å². The first-order valence-corrected chi connectivity index (χ1v) is 7.49. The van der Waals surface area contributed by atoms with Crippen LogP contribution in [0, 0.1) is 5.92 Å². The van der Waals surface area contributed by atoms with Gasteiger partial charge in [0.2, 0.25) is 0 Å². The van der Waals surface area contributed by atoms with Crippen LogP contribution >= 0.6 is 0 Å². The highest BCUT2D eigenvalue weighted by molar-refractivity contribution is 5.99. The summed E-state index contributed by atoms with van der Waals surface area (Å²) in [7, 11) is 0. The number of nitrogens with one attached hydrogen (secondary N) is 2. The minimum Gasteiger partial charge on any atom is -0.385 e. The smallest absolute Gasteiger partial charge is 0.255 e. The Morgan fingerprint density at radius 2 is 2.25 bits per heavy atom. The van der Waals surface area contributed by atoms with Gasteiger partial charge in [0.05, 0.1) is 11.3 Å². The summed E-state index contributed by atoms with van der Waals surface area (Å²) in [5.74, 6) is 0.635. The van der Waals surface area contributed by atoms with Crippen LogP contribution in [-0.4, -0.2) is 48.0 Å². The average molecular weight is 274 g/mol. The van der Waals surface area contributed by atoms with Crippen molar-refractivity contribution in [1.29, 1.82) is 0 Å². The number of pyridine rings is 1. The number of carbonyl (C=O) groups excluding carboxylic acids is 1. The molecule has 0 aliphatic carbocycles. The summed E-state index contributed by atoms with van der Waals surface area (Å²) in [5.41, 5.74) is 1.51. The van der Waals surface area contributed by atoms with Gasteiger partial charge in [-0.2, -0.15) is 0 Å². The normalized spacial score (nSPS) is 28.1. The van der Waals surface area contributed by atoms with Crippen LogP contribution in [-0.2, 0) is 0 Å². The second kappa shape index (κ2) is 5.79. The molecule has 1 aromatic heterocycles. The summed E-state index contributed by atoms with van der Waals surface area (Å²) in [5, 5.41) is 6.42. The van der Waals surface area contributed by atoms with Crippen molar-refractivity contribution >= 4 is 11.6 Å². The number of carbonyl (C=O) groups is 1. The Hall–Kier alpha value is -1.62. The third-order valence-corrected chi connectivity index (χ3v) is 4.41. The van der Waals surface area contributed by atoms with Gasteiger partial charge in [0.1, 0.15) is 0 Å². The highest BCUT2D eigenvalue weighted by atomic mass is 16.1. The molecule has 20 heavy (non-hydrogen) atoms. The van der Waals surface area contributed by atoms with Crippen molar-refractivity contribution in [3.63, 3.8) is 0 Å². The van der Waals surface area contributed by atoms with Crippen LogP contribution in [0.25, 0.3) is 0 Å². The van der Waals surface area contributed by atoms with E-state index in [2.05, 4.69) is 20.5 Å². The summed E-state index contributed by atoms with van der Waals surface area (Å²) in [4.78, 5) is 19.0. The van der Waals surface area contributed by atoms with Crippen molar-refractivity contribution in [3.05, 3.63) is 24.0 Å². The summed E-state index contributed by atoms with van der Waals surface area (Å²) in [6.07, 6.45) is 5.77. The number of hydrogen-bond donors (Lipinski definition) is 2. The van der Waals surface area contributed by atoms with E-state index in [1.54, 1.807) is 12.4 Å². The molecule has 5 nitrogen and oxygen atoms in total. The zero-order valence-electron chi connectivity index (χ0n) is 11.9. The molecule has 2 bridgehead atoms. The van der Waals surface area contributed by atoms with Crippen LogP contribution in [0.1, 0.15) is 30.1 Å². The van der Waals surface area contributed by atoms with Crippen molar-refractivity contribution < 1.29 is 4.79 Å². The lowest BCUT2D eigenvalue weighted by Crippen LogP contribution is -2.57. The highest BCUT2D eigenvalue weighted by Crippen LogP contribution is 2.27. The molecule has 0 spiro atoms. The Morgan fingerprint density at radius 1 is 1.45 bits per heavy atom. The molecule has 2 N–H and O–H groups in total. The van der Waals surface area contributed by atoms with Gasteiger partial charge in [-0.1, -0.05) is 0 Å². The standard InChI is InChI=1S/C15H22N4O/c1-2-17-13-3-6-16-9-12(13)15(20)18-14-10-19-7-4-11(14)5-8-19/h3,6,9,11,14H,2,4-5,7-8,10H2,1H3,(H,16,17)(H,18,20). The van der Waals surface area contributed by atoms with E-state index in [9.17, 15) is 4.79 Å². The van der Waals surface area contributed by atoms with Crippen molar-refractivity contribution in [2.45, 2.75) is 25.8 Å². The van der Waals surface area contributed by atoms with Gasteiger partial charge in [0, 0.05) is 31.5 Å². The summed E-state index contributed by atoms with van der Waals surface area (Å²) in [6.45, 7) is 6.19. The van der Waals surface area contributed by atoms with E-state index in [1.807, 2.05) is 13.0 Å². The van der Waals surface area contributed by atoms with E-state index >= 15 is 0 Å². The molecule has 0 radical (unpaired) electrons. The fraction of sp³-hybridized carbons (Fsp3) is 0.600. The first-order chi connectivity index (χ1) is 9.78. The minimum absolute atomic E-state index is 0.00667. The van der Waals surface area contributed by atoms with Gasteiger partial charge in [-0.25, -0.2) is 0 Å². The number of hydrogen-bond acceptors (Lipinski definition) is 4. The van der Waals surface area contributed by atoms with Gasteiger partial charge in [-0.05, 0) is 44.8 Å². The average Bonchev–Trinajstić information content (AvgIpc) is 2.49. The molecule has 3 aliphatic heterocycles. The van der Waals surface area contributed by atoms with Crippen LogP contribution in [0.2, 0.25) is 0 Å². The Labute approximate surface area is 119 Å². The zero-order chi connectivity index (χ0) is 13.9. The van der Waals surface area contributed by atoms with Gasteiger partial charge in [-0.15, -0.1) is 0 Å². The Morgan fingerprint density at radius 3 is 2.90 bits per heavy atom. The molecule has 1 amide bonds. The van der Waals surface area contributed by atoms with Crippen molar-refractivity contribution in [3.8, 4) is 0 Å². The van der Waals surface area contributed by atoms with Gasteiger partial charge < -0.3 is 15.5 Å². The van der Waals surface area contributed by atoms with E-state index in [-0.39, 0.29) is 5.91 Å². The zero-order valence-corrected chi connectivity index (χ0v) is 11.9. The van der Waals surface area contributed by atoms with Crippen molar-refractivity contribution in [2.24, 2.45) is 5.92 Å². The van der Waals surface area contributed by atoms with E-state index in [0.29, 0.717) is 17.5 Å². The van der Waals surface area contributed by atoms with E-state index < -0.39 is 0 Å². The molecule has 3 fully saturated rings. The Kier molecular flexibility index (Phi) is 3.87. The Balaban J connectivity index is 1.70. The third kappa shape index (κ3) is 2.63. The molecular formula is C15H22N4O. The minimum atomic E-state index is -0.00667. The molecule has 3 aliphatic rings. The van der Waals surface area contributed by atoms with Gasteiger partial charge in [0.25, 0.3) is 5.91 Å². The number of piperidine rings is 3. The topological polar surface area (TPSA) is 57.3 Å². The molecule has 1 unspecified atom stereocenters. The number of anilines is 1. The van der Waals surface area contributed by atoms with Crippen molar-refractivity contribution in [1.82, 2.24) is 15.2 Å². The second-order valence-corrected chi connectivity index (χ2v) is 5.67. The van der Waals surface area contributed by atoms with E-state index in [0.717, 1.165) is 18.8 Å². The first kappa shape index (κ1) is 13.4. The molecule has 5 heteroatoms. The molecular weight excluding hydrogens is 252 g/mol. The van der Waals surface area contributed by atoms with Crippen molar-refractivity contribution in [2.75, 3.05) is 31.5 Å². The summed E-state index contributed by atoms with van der Waals surface area (Å²) in [6, 6.07) is 2.15. The molecule has 4 heterocycles. The summed E-state index contributed by atoms with van der Waals surface area (Å²) >= 11 is 0. The van der Waals surface area contributed by atoms with Gasteiger partial charge in [0.15, 0.2) is 0 Å². The lowest BCUT2D eigenvalue weighted by molar-refractivity contribution is 0.0620. The lowest BCUT2D eigenvalue weighted by atomic mass is 9.84. The molecule has 0 aromatic carbocycles. The molecule has 1 aromatic rings. The number of amides is 1. The molecule has 4 rings (SSSR count). The van der Waals surface area contributed by atoms with Crippen LogP contribution in [0.5, 0.6) is 0 Å². The number of nitrogens with zero attached hydrogens (tertiary/aromatic N) is 2. The van der Waals surface area contributed by atoms with E-state index in [4.69, 9.17) is 0 Å². The molecule has 1 atom stereocenters. The number of fused-ring (bicyclic) bond motifs is 3. The van der Waals surface area contributed by atoms with E-state index in [1.165, 1.54) is 25.9 Å². The maximum absolute atomic E-state index is 12.5. The predicted octanol–water partition coefficient (Wildman–Crippen LogP) is 1.34. The van der Waals surface area contributed by atoms with Gasteiger partial charge >= 0.3 is 0 Å². The Bertz CT molecular complexity index is 483. The third-order valence-electron chi connectivity index (χ3n) is 4.41. The first-order valence-electron chi connectivity index (χ1n) is 7.49.